The molecular weight excluding hydrogens is 162 g/mol. The van der Waals surface area contributed by atoms with Gasteiger partial charge in [-0.15, -0.1) is 0 Å². The molecule has 0 radical (unpaired) electrons. The van der Waals surface area contributed by atoms with E-state index in [1.54, 1.807) is 0 Å². The van der Waals surface area contributed by atoms with Gasteiger partial charge in [0.05, 0.1) is 11.3 Å². The smallest absolute Gasteiger partial charge is 0.168 e. The fraction of sp³-hybridized carbons (Fsp3) is 0.818. The number of carbonyl (C=O) groups excluding carboxylic acids is 1. The van der Waals surface area contributed by atoms with Crippen molar-refractivity contribution in [2.75, 3.05) is 7.05 Å². The maximum atomic E-state index is 12.0. The highest BCUT2D eigenvalue weighted by Gasteiger charge is 2.54. The van der Waals surface area contributed by atoms with Crippen LogP contribution in [0, 0.1) is 11.3 Å². The molecule has 2 nitrogen and oxygen atoms in total. The predicted molar refractivity (Wildman–Crippen MR) is 54.3 cm³/mol. The van der Waals surface area contributed by atoms with Gasteiger partial charge in [-0.25, -0.2) is 4.58 Å². The van der Waals surface area contributed by atoms with Gasteiger partial charge in [0.15, 0.2) is 11.3 Å². The Bertz CT molecular complexity index is 274. The molecule has 2 heteroatoms. The highest BCUT2D eigenvalue weighted by molar-refractivity contribution is 5.98. The molecule has 0 N–H and O–H groups in total. The number of carbonyl (C=O) groups is 1. The lowest BCUT2D eigenvalue weighted by molar-refractivity contribution is -0.591. The molecule has 0 aromatic heterocycles. The van der Waals surface area contributed by atoms with Gasteiger partial charge in [0, 0.05) is 13.8 Å². The highest BCUT2D eigenvalue weighted by Crippen LogP contribution is 2.38. The summed E-state index contributed by atoms with van der Waals surface area (Å²) in [6, 6.07) is 0. The monoisotopic (exact) mass is 182 g/mol. The van der Waals surface area contributed by atoms with Gasteiger partial charge >= 0.3 is 0 Å². The number of hydrogen-bond donors (Lipinski definition) is 0. The van der Waals surface area contributed by atoms with Crippen LogP contribution in [-0.4, -0.2) is 29.2 Å². The minimum atomic E-state index is -0.268. The molecule has 0 aromatic carbocycles. The molecule has 0 bridgehead atoms. The first-order valence-corrected chi connectivity index (χ1v) is 4.83. The van der Waals surface area contributed by atoms with E-state index in [2.05, 4.69) is 18.4 Å². The summed E-state index contributed by atoms with van der Waals surface area (Å²) in [7, 11) is 2.05. The first kappa shape index (κ1) is 10.4. The minimum absolute atomic E-state index is 0.0491. The van der Waals surface area contributed by atoms with Crippen LogP contribution in [0.15, 0.2) is 0 Å². The van der Waals surface area contributed by atoms with Crippen LogP contribution in [0.25, 0.3) is 0 Å². The Kier molecular flexibility index (Phi) is 2.13. The average Bonchev–Trinajstić information content (AvgIpc) is 2.00. The summed E-state index contributed by atoms with van der Waals surface area (Å²) in [6.45, 7) is 10.3. The summed E-state index contributed by atoms with van der Waals surface area (Å²) in [5.74, 6) is 0.392. The first-order chi connectivity index (χ1) is 5.71. The molecular formula is C11H20NO+. The highest BCUT2D eigenvalue weighted by atomic mass is 16.1. The molecule has 0 aromatic rings. The maximum absolute atomic E-state index is 12.0. The maximum Gasteiger partial charge on any atom is 0.168 e. The molecule has 0 saturated carbocycles. The fourth-order valence-electron chi connectivity index (χ4n) is 1.90. The second-order valence-electron chi connectivity index (χ2n) is 5.10. The number of hydrogen-bond acceptors (Lipinski definition) is 1. The number of nitrogens with zero attached hydrogens (tertiary/aromatic N) is 1. The van der Waals surface area contributed by atoms with E-state index in [-0.39, 0.29) is 16.9 Å². The Morgan fingerprint density at radius 2 is 1.77 bits per heavy atom. The summed E-state index contributed by atoms with van der Waals surface area (Å²) in [5.41, 5.74) is -0.355. The van der Waals surface area contributed by atoms with Gasteiger partial charge < -0.3 is 0 Å². The van der Waals surface area contributed by atoms with Crippen molar-refractivity contribution >= 4 is 12.0 Å². The van der Waals surface area contributed by atoms with Crippen LogP contribution in [0.3, 0.4) is 0 Å². The minimum Gasteiger partial charge on any atom is -0.298 e. The van der Waals surface area contributed by atoms with Crippen LogP contribution in [-0.2, 0) is 4.79 Å². The number of ketones is 1. The van der Waals surface area contributed by atoms with Gasteiger partial charge in [-0.3, -0.25) is 4.79 Å². The van der Waals surface area contributed by atoms with Crippen LogP contribution in [0.4, 0.5) is 0 Å². The van der Waals surface area contributed by atoms with Crippen molar-refractivity contribution in [1.29, 1.82) is 0 Å². The normalized spacial score (nSPS) is 31.4. The SMILES string of the molecule is CC1C=[N+](C)C(C)(C)C(C)(C)C1=O. The average molecular weight is 182 g/mol. The lowest BCUT2D eigenvalue weighted by Gasteiger charge is -2.40. The van der Waals surface area contributed by atoms with Crippen LogP contribution in [0.2, 0.25) is 0 Å². The van der Waals surface area contributed by atoms with Crippen molar-refractivity contribution in [3.8, 4) is 0 Å². The molecule has 0 amide bonds. The predicted octanol–water partition coefficient (Wildman–Crippen LogP) is 1.72. The van der Waals surface area contributed by atoms with E-state index in [0.717, 1.165) is 0 Å². The summed E-state index contributed by atoms with van der Waals surface area (Å²) >= 11 is 0. The van der Waals surface area contributed by atoms with Gasteiger partial charge in [-0.2, -0.15) is 0 Å². The third kappa shape index (κ3) is 1.23. The van der Waals surface area contributed by atoms with Crippen molar-refractivity contribution in [2.45, 2.75) is 40.2 Å². The third-order valence-electron chi connectivity index (χ3n) is 3.89. The van der Waals surface area contributed by atoms with Crippen molar-refractivity contribution < 1.29 is 9.37 Å². The van der Waals surface area contributed by atoms with E-state index in [9.17, 15) is 4.79 Å². The first-order valence-electron chi connectivity index (χ1n) is 4.83. The van der Waals surface area contributed by atoms with Crippen LogP contribution in [0.5, 0.6) is 0 Å². The largest absolute Gasteiger partial charge is 0.298 e. The van der Waals surface area contributed by atoms with Crippen molar-refractivity contribution in [3.05, 3.63) is 0 Å². The van der Waals surface area contributed by atoms with Gasteiger partial charge in [0.1, 0.15) is 13.3 Å². The molecule has 1 atom stereocenters. The van der Waals surface area contributed by atoms with E-state index >= 15 is 0 Å². The van der Waals surface area contributed by atoms with Crippen molar-refractivity contribution in [2.24, 2.45) is 11.3 Å². The zero-order chi connectivity index (χ0) is 10.4. The quantitative estimate of drug-likeness (QED) is 0.522. The molecule has 1 heterocycles. The third-order valence-corrected chi connectivity index (χ3v) is 3.89. The van der Waals surface area contributed by atoms with Gasteiger partial charge in [0.2, 0.25) is 0 Å². The van der Waals surface area contributed by atoms with Crippen LogP contribution >= 0.6 is 0 Å². The Morgan fingerprint density at radius 3 is 2.23 bits per heavy atom. The number of Topliss-reactive ketones (excluding diaryl/α,β-unsaturated/α-hetero) is 1. The van der Waals surface area contributed by atoms with Crippen molar-refractivity contribution in [1.82, 2.24) is 0 Å². The van der Waals surface area contributed by atoms with Gasteiger partial charge in [0.25, 0.3) is 0 Å². The molecule has 1 aliphatic rings. The number of rotatable bonds is 0. The van der Waals surface area contributed by atoms with Crippen molar-refractivity contribution in [3.63, 3.8) is 0 Å². The fourth-order valence-corrected chi connectivity index (χ4v) is 1.90. The molecule has 1 unspecified atom stereocenters. The Balaban J connectivity index is 3.27. The zero-order valence-electron chi connectivity index (χ0n) is 9.51. The molecule has 1 aliphatic heterocycles. The van der Waals surface area contributed by atoms with E-state index in [1.165, 1.54) is 0 Å². The molecule has 1 rings (SSSR count). The standard InChI is InChI=1S/C11H20NO/c1-8-7-12(6)11(4,5)10(2,3)9(8)13/h7-8H,1-6H3/q+1. The topological polar surface area (TPSA) is 20.1 Å². The molecule has 0 spiro atoms. The van der Waals surface area contributed by atoms with E-state index in [1.807, 2.05) is 34.0 Å². The summed E-state index contributed by atoms with van der Waals surface area (Å²) in [5, 5.41) is 0. The Labute approximate surface area is 80.6 Å². The van der Waals surface area contributed by atoms with Gasteiger partial charge in [-0.1, -0.05) is 0 Å². The van der Waals surface area contributed by atoms with E-state index < -0.39 is 0 Å². The Hall–Kier alpha value is -0.660. The summed E-state index contributed by atoms with van der Waals surface area (Å²) in [4.78, 5) is 12.0. The Morgan fingerprint density at radius 1 is 1.31 bits per heavy atom. The molecule has 0 saturated heterocycles. The summed E-state index contributed by atoms with van der Waals surface area (Å²) in [6.07, 6.45) is 2.02. The lowest BCUT2D eigenvalue weighted by atomic mass is 9.66. The lowest BCUT2D eigenvalue weighted by Crippen LogP contribution is -2.57. The molecule has 13 heavy (non-hydrogen) atoms. The van der Waals surface area contributed by atoms with Crippen LogP contribution < -0.4 is 0 Å². The zero-order valence-corrected chi connectivity index (χ0v) is 9.51. The molecule has 0 aliphatic carbocycles. The van der Waals surface area contributed by atoms with Gasteiger partial charge in [-0.05, 0) is 20.8 Å². The second kappa shape index (κ2) is 2.66. The van der Waals surface area contributed by atoms with Crippen LogP contribution in [0.1, 0.15) is 34.6 Å². The second-order valence-corrected chi connectivity index (χ2v) is 5.10. The summed E-state index contributed by atoms with van der Waals surface area (Å²) < 4.78 is 2.17. The molecule has 74 valence electrons. The van der Waals surface area contributed by atoms with E-state index in [4.69, 9.17) is 0 Å². The molecule has 0 fully saturated rings. The van der Waals surface area contributed by atoms with E-state index in [0.29, 0.717) is 5.78 Å².